The number of nitrogens with two attached hydrogens (primary N) is 1. The van der Waals surface area contributed by atoms with Crippen LogP contribution in [-0.4, -0.2) is 35.8 Å². The lowest BCUT2D eigenvalue weighted by Gasteiger charge is -2.03. The third-order valence-corrected chi connectivity index (χ3v) is 1.96. The van der Waals surface area contributed by atoms with Gasteiger partial charge in [-0.25, -0.2) is 0 Å². The van der Waals surface area contributed by atoms with Crippen LogP contribution in [0.1, 0.15) is 18.6 Å². The number of amides is 1. The predicted molar refractivity (Wildman–Crippen MR) is 55.4 cm³/mol. The highest BCUT2D eigenvalue weighted by Crippen LogP contribution is 2.02. The Morgan fingerprint density at radius 3 is 3.06 bits per heavy atom. The molecule has 0 spiro atoms. The fourth-order valence-electron chi connectivity index (χ4n) is 1.08. The maximum atomic E-state index is 10.5. The van der Waals surface area contributed by atoms with Crippen LogP contribution in [0.3, 0.4) is 0 Å². The molecule has 0 saturated heterocycles. The maximum Gasteiger partial charge on any atom is 0.240 e. The number of nitrogens with one attached hydrogen (secondary N) is 1. The molecule has 0 saturated carbocycles. The third-order valence-electron chi connectivity index (χ3n) is 1.96. The van der Waals surface area contributed by atoms with Gasteiger partial charge in [-0.05, 0) is 6.92 Å². The smallest absolute Gasteiger partial charge is 0.240 e. The molecule has 7 heteroatoms. The molecule has 1 amide bonds. The van der Waals surface area contributed by atoms with Gasteiger partial charge in [-0.15, -0.1) is 0 Å². The molecule has 7 nitrogen and oxygen atoms in total. The van der Waals surface area contributed by atoms with Gasteiger partial charge in [0.25, 0.3) is 0 Å². The van der Waals surface area contributed by atoms with E-state index < -0.39 is 5.91 Å². The van der Waals surface area contributed by atoms with E-state index in [1.54, 1.807) is 7.11 Å². The first-order valence-corrected chi connectivity index (χ1v) is 4.95. The Kier molecular flexibility index (Phi) is 4.87. The van der Waals surface area contributed by atoms with Gasteiger partial charge in [0.15, 0.2) is 5.82 Å². The van der Waals surface area contributed by atoms with Crippen LogP contribution in [0.25, 0.3) is 0 Å². The molecule has 0 aliphatic rings. The van der Waals surface area contributed by atoms with E-state index >= 15 is 0 Å². The Balaban J connectivity index is 2.36. The average molecular weight is 228 g/mol. The van der Waals surface area contributed by atoms with Crippen molar-refractivity contribution >= 4 is 5.91 Å². The van der Waals surface area contributed by atoms with Crippen LogP contribution in [-0.2, 0) is 22.5 Å². The van der Waals surface area contributed by atoms with Gasteiger partial charge in [0, 0.05) is 13.5 Å². The summed E-state index contributed by atoms with van der Waals surface area (Å²) in [6.07, 6.45) is 0.638. The van der Waals surface area contributed by atoms with Crippen molar-refractivity contribution in [3.05, 3.63) is 11.7 Å². The zero-order valence-electron chi connectivity index (χ0n) is 9.40. The summed E-state index contributed by atoms with van der Waals surface area (Å²) in [5, 5.41) is 6.56. The molecule has 3 N–H and O–H groups in total. The molecule has 1 heterocycles. The minimum absolute atomic E-state index is 0.0454. The number of hydrogen-bond donors (Lipinski definition) is 2. The topological polar surface area (TPSA) is 103 Å². The van der Waals surface area contributed by atoms with Crippen LogP contribution in [0.4, 0.5) is 0 Å². The highest BCUT2D eigenvalue weighted by Gasteiger charge is 2.09. The van der Waals surface area contributed by atoms with Crippen molar-refractivity contribution in [1.29, 1.82) is 0 Å². The lowest BCUT2D eigenvalue weighted by Crippen LogP contribution is -2.28. The molecule has 0 fully saturated rings. The van der Waals surface area contributed by atoms with Crippen molar-refractivity contribution in [3.8, 4) is 0 Å². The van der Waals surface area contributed by atoms with Crippen molar-refractivity contribution in [2.75, 3.05) is 13.7 Å². The summed E-state index contributed by atoms with van der Waals surface area (Å²) >= 11 is 0. The summed E-state index contributed by atoms with van der Waals surface area (Å²) in [7, 11) is 1.63. The number of hydrogen-bond acceptors (Lipinski definition) is 6. The van der Waals surface area contributed by atoms with Gasteiger partial charge < -0.3 is 15.0 Å². The van der Waals surface area contributed by atoms with Gasteiger partial charge in [-0.2, -0.15) is 4.98 Å². The van der Waals surface area contributed by atoms with Gasteiger partial charge in [-0.1, -0.05) is 5.16 Å². The number of nitrogens with zero attached hydrogens (tertiary/aromatic N) is 2. The van der Waals surface area contributed by atoms with E-state index in [2.05, 4.69) is 15.5 Å². The molecule has 1 aromatic heterocycles. The fraction of sp³-hybridized carbons (Fsp3) is 0.667. The largest absolute Gasteiger partial charge is 0.381 e. The van der Waals surface area contributed by atoms with Crippen molar-refractivity contribution in [1.82, 2.24) is 15.5 Å². The molecule has 1 atom stereocenters. The molecular weight excluding hydrogens is 212 g/mol. The van der Waals surface area contributed by atoms with Gasteiger partial charge >= 0.3 is 0 Å². The zero-order valence-corrected chi connectivity index (χ0v) is 9.40. The van der Waals surface area contributed by atoms with Crippen molar-refractivity contribution < 1.29 is 14.1 Å². The lowest BCUT2D eigenvalue weighted by atomic mass is 10.3. The molecule has 0 aromatic carbocycles. The number of primary amides is 1. The average Bonchev–Trinajstić information content (AvgIpc) is 2.65. The summed E-state index contributed by atoms with van der Waals surface area (Å²) < 4.78 is 10.0. The van der Waals surface area contributed by atoms with Gasteiger partial charge in [0.05, 0.1) is 19.2 Å². The number of methoxy groups -OCH3 is 1. The summed E-state index contributed by atoms with van der Waals surface area (Å²) in [6, 6.07) is 0. The van der Waals surface area contributed by atoms with E-state index in [9.17, 15) is 4.79 Å². The van der Waals surface area contributed by atoms with Crippen molar-refractivity contribution in [2.45, 2.75) is 26.0 Å². The van der Waals surface area contributed by atoms with E-state index in [-0.39, 0.29) is 12.6 Å². The Morgan fingerprint density at radius 1 is 1.69 bits per heavy atom. The minimum atomic E-state index is -0.423. The maximum absolute atomic E-state index is 10.5. The highest BCUT2D eigenvalue weighted by molar-refractivity contribution is 5.75. The Hall–Kier alpha value is -1.47. The van der Waals surface area contributed by atoms with E-state index in [0.29, 0.717) is 24.7 Å². The summed E-state index contributed by atoms with van der Waals surface area (Å²) in [6.45, 7) is 2.34. The zero-order chi connectivity index (χ0) is 12.0. The molecule has 0 aliphatic heterocycles. The minimum Gasteiger partial charge on any atom is -0.381 e. The lowest BCUT2D eigenvalue weighted by molar-refractivity contribution is -0.117. The number of aromatic nitrogens is 2. The molecule has 16 heavy (non-hydrogen) atoms. The van der Waals surface area contributed by atoms with Crippen molar-refractivity contribution in [3.63, 3.8) is 0 Å². The second-order valence-electron chi connectivity index (χ2n) is 3.42. The molecule has 0 aliphatic carbocycles. The first-order valence-electron chi connectivity index (χ1n) is 4.95. The van der Waals surface area contributed by atoms with Crippen LogP contribution in [0.2, 0.25) is 0 Å². The van der Waals surface area contributed by atoms with E-state index in [0.717, 1.165) is 0 Å². The molecule has 0 radical (unpaired) electrons. The van der Waals surface area contributed by atoms with Crippen molar-refractivity contribution in [2.24, 2.45) is 5.73 Å². The Labute approximate surface area is 93.3 Å². The van der Waals surface area contributed by atoms with Gasteiger partial charge in [-0.3, -0.25) is 10.1 Å². The molecular formula is C9H16N4O3. The number of carbonyl (C=O) groups is 1. The normalized spacial score (nSPS) is 12.6. The summed E-state index contributed by atoms with van der Waals surface area (Å²) in [5.74, 6) is 0.595. The predicted octanol–water partition coefficient (Wildman–Crippen LogP) is -0.778. The Bertz CT molecular complexity index is 339. The van der Waals surface area contributed by atoms with E-state index in [1.807, 2.05) is 6.92 Å². The monoisotopic (exact) mass is 228 g/mol. The fourth-order valence-corrected chi connectivity index (χ4v) is 1.08. The molecule has 90 valence electrons. The Morgan fingerprint density at radius 2 is 2.44 bits per heavy atom. The summed E-state index contributed by atoms with van der Waals surface area (Å²) in [4.78, 5) is 14.6. The summed E-state index contributed by atoms with van der Waals surface area (Å²) in [5.41, 5.74) is 4.96. The highest BCUT2D eigenvalue weighted by atomic mass is 16.5. The molecule has 1 aromatic rings. The molecule has 1 unspecified atom stereocenters. The third kappa shape index (κ3) is 4.37. The molecule has 1 rings (SSSR count). The van der Waals surface area contributed by atoms with E-state index in [1.165, 1.54) is 0 Å². The first kappa shape index (κ1) is 12.6. The second kappa shape index (κ2) is 6.19. The molecule has 0 bridgehead atoms. The standard InChI is InChI=1S/C9H16N4O3/c1-6(15-2)3-8-12-9(16-13-8)5-11-4-7(10)14/h6,11H,3-5H2,1-2H3,(H2,10,14). The van der Waals surface area contributed by atoms with E-state index in [4.69, 9.17) is 15.0 Å². The van der Waals surface area contributed by atoms with Crippen LogP contribution in [0, 0.1) is 0 Å². The second-order valence-corrected chi connectivity index (χ2v) is 3.42. The van der Waals surface area contributed by atoms with Gasteiger partial charge in [0.1, 0.15) is 0 Å². The van der Waals surface area contributed by atoms with Crippen LogP contribution >= 0.6 is 0 Å². The number of rotatable bonds is 7. The number of carbonyl (C=O) groups excluding carboxylic acids is 1. The first-order chi connectivity index (χ1) is 7.61. The van der Waals surface area contributed by atoms with Crippen LogP contribution in [0.15, 0.2) is 4.52 Å². The number of ether oxygens (including phenoxy) is 1. The van der Waals surface area contributed by atoms with Crippen LogP contribution in [0.5, 0.6) is 0 Å². The SMILES string of the molecule is COC(C)Cc1noc(CNCC(N)=O)n1. The van der Waals surface area contributed by atoms with Crippen LogP contribution < -0.4 is 11.1 Å². The van der Waals surface area contributed by atoms with Gasteiger partial charge in [0.2, 0.25) is 11.8 Å². The quantitative estimate of drug-likeness (QED) is 0.634.